The first-order valence-electron chi connectivity index (χ1n) is 1.92. The average Bonchev–Trinajstić information content (AvgIpc) is 1.36. The molecular formula is C4H9NO. The van der Waals surface area contributed by atoms with Crippen molar-refractivity contribution in [2.24, 2.45) is 5.92 Å². The Morgan fingerprint density at radius 2 is 1.83 bits per heavy atom. The van der Waals surface area contributed by atoms with E-state index in [1.807, 2.05) is 0 Å². The van der Waals surface area contributed by atoms with E-state index in [1.165, 1.54) is 0 Å². The average molecular weight is 87.1 g/mol. The highest BCUT2D eigenvalue weighted by atomic mass is 16.3. The van der Waals surface area contributed by atoms with Gasteiger partial charge >= 0.3 is 0 Å². The maximum atomic E-state index is 8.21. The summed E-state index contributed by atoms with van der Waals surface area (Å²) in [5, 5.41) is 14.7. The van der Waals surface area contributed by atoms with Crippen LogP contribution in [0, 0.1) is 5.92 Å². The fourth-order valence-corrected chi connectivity index (χ4v) is 0. The second-order valence-electron chi connectivity index (χ2n) is 1.54. The Hall–Kier alpha value is -0.530. The molecule has 0 aromatic carbocycles. The van der Waals surface area contributed by atoms with Gasteiger partial charge in [0.2, 0.25) is 0 Å². The molecule has 6 heavy (non-hydrogen) atoms. The van der Waals surface area contributed by atoms with Crippen LogP contribution in [0.25, 0.3) is 5.41 Å². The van der Waals surface area contributed by atoms with E-state index < -0.39 is 0 Å². The standard InChI is InChI=1S/C4H8NO/c1-3(2)4(5)6/h3H,1-2H3,(H-,5,6)/q-1/p+1. The normalized spacial score (nSPS) is 9.17. The Morgan fingerprint density at radius 3 is 1.83 bits per heavy atom. The summed E-state index contributed by atoms with van der Waals surface area (Å²) in [4.78, 5) is 0. The molecule has 0 bridgehead atoms. The van der Waals surface area contributed by atoms with Gasteiger partial charge in [0.1, 0.15) is 5.90 Å². The lowest BCUT2D eigenvalue weighted by Crippen LogP contribution is -2.01. The molecule has 0 amide bonds. The van der Waals surface area contributed by atoms with Gasteiger partial charge < -0.3 is 10.5 Å². The van der Waals surface area contributed by atoms with Gasteiger partial charge in [-0.3, -0.25) is 0 Å². The quantitative estimate of drug-likeness (QED) is 0.251. The van der Waals surface area contributed by atoms with Gasteiger partial charge in [0.25, 0.3) is 0 Å². The Bertz CT molecular complexity index is 58.6. The van der Waals surface area contributed by atoms with E-state index in [-0.39, 0.29) is 11.8 Å². The zero-order valence-electron chi connectivity index (χ0n) is 4.02. The van der Waals surface area contributed by atoms with Crippen LogP contribution >= 0.6 is 0 Å². The molecule has 0 unspecified atom stereocenters. The predicted octanol–water partition coefficient (Wildman–Crippen LogP) is 0.335. The Balaban J connectivity index is 3.26. The number of hydrogen-bond donors (Lipinski definition) is 0. The highest BCUT2D eigenvalue weighted by molar-refractivity contribution is 5.78. The molecule has 0 rings (SSSR count). The zero-order chi connectivity index (χ0) is 5.15. The summed E-state index contributed by atoms with van der Waals surface area (Å²) in [5.74, 6) is -0.250. The molecule has 0 atom stereocenters. The molecule has 0 saturated heterocycles. The van der Waals surface area contributed by atoms with E-state index in [4.69, 9.17) is 10.5 Å². The minimum Gasteiger partial charge on any atom is -0.725 e. The van der Waals surface area contributed by atoms with Crippen molar-refractivity contribution in [3.05, 3.63) is 5.41 Å². The first-order chi connectivity index (χ1) is 2.64. The molecule has 2 N–H and O–H groups in total. The Labute approximate surface area is 37.3 Å². The van der Waals surface area contributed by atoms with Crippen molar-refractivity contribution in [1.29, 1.82) is 0 Å². The summed E-state index contributed by atoms with van der Waals surface area (Å²) < 4.78 is 0. The Morgan fingerprint density at radius 1 is 1.67 bits per heavy atom. The van der Waals surface area contributed by atoms with Crippen molar-refractivity contribution in [2.75, 3.05) is 0 Å². The molecule has 0 aliphatic heterocycles. The summed E-state index contributed by atoms with van der Waals surface area (Å²) in [7, 11) is 0. The monoisotopic (exact) mass is 87.1 g/mol. The molecule has 0 saturated carbocycles. The third-order valence-electron chi connectivity index (χ3n) is 0.547. The van der Waals surface area contributed by atoms with Crippen molar-refractivity contribution in [3.8, 4) is 0 Å². The van der Waals surface area contributed by atoms with Gasteiger partial charge in [0.15, 0.2) is 0 Å². The molecule has 0 heterocycles. The summed E-state index contributed by atoms with van der Waals surface area (Å²) in [6.45, 7) is 3.53. The van der Waals surface area contributed by atoms with Crippen LogP contribution in [0.3, 0.4) is 0 Å². The van der Waals surface area contributed by atoms with E-state index in [9.17, 15) is 0 Å². The van der Waals surface area contributed by atoms with Crippen LogP contribution < -0.4 is 0 Å². The van der Waals surface area contributed by atoms with Crippen LogP contribution in [0.4, 0.5) is 0 Å². The smallest absolute Gasteiger partial charge is 0.115 e. The minimum atomic E-state index is -0.241. The topological polar surface area (TPSA) is 45.2 Å². The second kappa shape index (κ2) is 1.80. The molecule has 0 aliphatic carbocycles. The summed E-state index contributed by atoms with van der Waals surface area (Å²) in [5.41, 5.74) is 0. The van der Waals surface area contributed by atoms with Crippen molar-refractivity contribution in [2.45, 2.75) is 13.8 Å². The van der Waals surface area contributed by atoms with Crippen molar-refractivity contribution < 1.29 is 5.11 Å². The van der Waals surface area contributed by atoms with E-state index in [2.05, 4.69) is 0 Å². The minimum absolute atomic E-state index is 0.00926. The van der Waals surface area contributed by atoms with Crippen LogP contribution in [0.5, 0.6) is 0 Å². The summed E-state index contributed by atoms with van der Waals surface area (Å²) in [6, 6.07) is 0. The first kappa shape index (κ1) is 5.47. The van der Waals surface area contributed by atoms with E-state index >= 15 is 0 Å². The SMILES string of the molecule is CC(C)C(=[N-])[OH2+]. The maximum absolute atomic E-state index is 8.21. The van der Waals surface area contributed by atoms with E-state index in [0.717, 1.165) is 0 Å². The second-order valence-corrected chi connectivity index (χ2v) is 1.54. The molecule has 0 aliphatic rings. The maximum Gasteiger partial charge on any atom is 0.115 e. The van der Waals surface area contributed by atoms with Gasteiger partial charge in [0.05, 0.1) is 0 Å². The van der Waals surface area contributed by atoms with Crippen molar-refractivity contribution in [1.82, 2.24) is 0 Å². The van der Waals surface area contributed by atoms with Gasteiger partial charge in [-0.05, 0) is 0 Å². The fourth-order valence-electron chi connectivity index (χ4n) is 0. The largest absolute Gasteiger partial charge is 0.725 e. The molecule has 2 heteroatoms. The highest BCUT2D eigenvalue weighted by Gasteiger charge is 1.90. The van der Waals surface area contributed by atoms with Crippen LogP contribution in [0.15, 0.2) is 0 Å². The molecule has 0 aromatic rings. The van der Waals surface area contributed by atoms with Gasteiger partial charge in [-0.1, -0.05) is 13.8 Å². The van der Waals surface area contributed by atoms with Crippen LogP contribution in [0.2, 0.25) is 0 Å². The predicted molar refractivity (Wildman–Crippen MR) is 26.8 cm³/mol. The third kappa shape index (κ3) is 1.76. The van der Waals surface area contributed by atoms with Gasteiger partial charge in [-0.2, -0.15) is 0 Å². The van der Waals surface area contributed by atoms with Crippen molar-refractivity contribution in [3.63, 3.8) is 0 Å². The first-order valence-corrected chi connectivity index (χ1v) is 1.92. The van der Waals surface area contributed by atoms with Crippen LogP contribution in [0.1, 0.15) is 13.8 Å². The number of hydrogen-bond acceptors (Lipinski definition) is 0. The summed E-state index contributed by atoms with van der Waals surface area (Å²) in [6.07, 6.45) is 0. The lowest BCUT2D eigenvalue weighted by Gasteiger charge is -2.00. The highest BCUT2D eigenvalue weighted by Crippen LogP contribution is 1.88. The molecule has 0 fully saturated rings. The number of nitrogens with zero attached hydrogens (tertiary/aromatic N) is 1. The van der Waals surface area contributed by atoms with E-state index in [0.29, 0.717) is 0 Å². The summed E-state index contributed by atoms with van der Waals surface area (Å²) >= 11 is 0. The lowest BCUT2D eigenvalue weighted by atomic mass is 10.2. The van der Waals surface area contributed by atoms with Gasteiger partial charge in [-0.15, -0.1) is 0 Å². The fraction of sp³-hybridized carbons (Fsp3) is 0.750. The molecule has 0 aromatic heterocycles. The lowest BCUT2D eigenvalue weighted by molar-refractivity contribution is 0.514. The van der Waals surface area contributed by atoms with Crippen molar-refractivity contribution >= 4 is 5.90 Å². The number of rotatable bonds is 1. The van der Waals surface area contributed by atoms with E-state index in [1.54, 1.807) is 13.8 Å². The molecule has 0 spiro atoms. The molecule has 0 radical (unpaired) electrons. The Kier molecular flexibility index (Phi) is 1.64. The van der Waals surface area contributed by atoms with Crippen LogP contribution in [-0.4, -0.2) is 11.0 Å². The van der Waals surface area contributed by atoms with Gasteiger partial charge in [0, 0.05) is 5.92 Å². The molecule has 36 valence electrons. The van der Waals surface area contributed by atoms with Gasteiger partial charge in [-0.25, -0.2) is 0 Å². The molecule has 2 nitrogen and oxygen atoms in total. The third-order valence-corrected chi connectivity index (χ3v) is 0.547. The zero-order valence-corrected chi connectivity index (χ0v) is 4.02. The van der Waals surface area contributed by atoms with Crippen LogP contribution in [-0.2, 0) is 0 Å². The molecular weight excluding hydrogens is 78.0 g/mol.